The van der Waals surface area contributed by atoms with Crippen molar-refractivity contribution in [3.8, 4) is 0 Å². The SMILES string of the molecule is CC1=C(C(=O)Nc2ccc(F)c(Cl)c2)C(c2ccccc2S(=O)(=O)O)C(C(=O)Nc2ccc(F)c(Cl)c2)=C(C)N1. The predicted octanol–water partition coefficient (Wildman–Crippen LogP) is 6.03. The molecule has 0 atom stereocenters. The summed E-state index contributed by atoms with van der Waals surface area (Å²) >= 11 is 11.7. The topological polar surface area (TPSA) is 125 Å². The van der Waals surface area contributed by atoms with Crippen molar-refractivity contribution in [1.29, 1.82) is 0 Å². The van der Waals surface area contributed by atoms with Gasteiger partial charge in [0, 0.05) is 39.8 Å². The number of carbonyl (C=O) groups excluding carboxylic acids is 2. The molecule has 0 radical (unpaired) electrons. The highest BCUT2D eigenvalue weighted by atomic mass is 35.5. The van der Waals surface area contributed by atoms with Crippen molar-refractivity contribution in [2.75, 3.05) is 10.6 Å². The first-order valence-corrected chi connectivity index (χ1v) is 13.7. The summed E-state index contributed by atoms with van der Waals surface area (Å²) in [4.78, 5) is 26.8. The second kappa shape index (κ2) is 11.4. The largest absolute Gasteiger partial charge is 0.362 e. The molecule has 1 heterocycles. The summed E-state index contributed by atoms with van der Waals surface area (Å²) in [5.74, 6) is -4.23. The fourth-order valence-electron chi connectivity index (χ4n) is 4.41. The Labute approximate surface area is 238 Å². The third-order valence-corrected chi connectivity index (χ3v) is 7.62. The molecule has 0 unspecified atom stereocenters. The number of hydrogen-bond donors (Lipinski definition) is 4. The lowest BCUT2D eigenvalue weighted by molar-refractivity contribution is -0.113. The van der Waals surface area contributed by atoms with E-state index in [0.29, 0.717) is 0 Å². The molecule has 8 nitrogen and oxygen atoms in total. The Bertz CT molecular complexity index is 1640. The van der Waals surface area contributed by atoms with Crippen LogP contribution in [0.1, 0.15) is 25.3 Å². The first-order chi connectivity index (χ1) is 18.8. The van der Waals surface area contributed by atoms with Gasteiger partial charge < -0.3 is 16.0 Å². The van der Waals surface area contributed by atoms with Gasteiger partial charge in [-0.25, -0.2) is 8.78 Å². The van der Waals surface area contributed by atoms with Crippen LogP contribution in [-0.4, -0.2) is 24.8 Å². The Balaban J connectivity index is 1.86. The van der Waals surface area contributed by atoms with Crippen molar-refractivity contribution in [2.24, 2.45) is 0 Å². The zero-order valence-corrected chi connectivity index (χ0v) is 23.2. The normalized spacial score (nSPS) is 14.2. The number of benzene rings is 3. The van der Waals surface area contributed by atoms with Crippen molar-refractivity contribution in [1.82, 2.24) is 5.32 Å². The summed E-state index contributed by atoms with van der Waals surface area (Å²) < 4.78 is 62.0. The highest BCUT2D eigenvalue weighted by molar-refractivity contribution is 7.85. The van der Waals surface area contributed by atoms with Crippen molar-refractivity contribution in [3.63, 3.8) is 0 Å². The summed E-state index contributed by atoms with van der Waals surface area (Å²) in [6, 6.07) is 12.4. The minimum atomic E-state index is -4.80. The van der Waals surface area contributed by atoms with Crippen molar-refractivity contribution in [3.05, 3.63) is 110 Å². The van der Waals surface area contributed by atoms with E-state index in [1.807, 2.05) is 0 Å². The molecule has 0 fully saturated rings. The smallest absolute Gasteiger partial charge is 0.294 e. The van der Waals surface area contributed by atoms with Crippen LogP contribution in [0.25, 0.3) is 0 Å². The lowest BCUT2D eigenvalue weighted by Gasteiger charge is -2.32. The van der Waals surface area contributed by atoms with Crippen LogP contribution in [0.2, 0.25) is 10.0 Å². The molecule has 0 saturated heterocycles. The van der Waals surface area contributed by atoms with E-state index in [1.54, 1.807) is 13.8 Å². The number of rotatable bonds is 6. The number of amides is 2. The van der Waals surface area contributed by atoms with Crippen LogP contribution in [0, 0.1) is 11.6 Å². The molecule has 0 saturated carbocycles. The molecule has 13 heteroatoms. The average molecular weight is 608 g/mol. The fraction of sp³-hybridized carbons (Fsp3) is 0.111. The van der Waals surface area contributed by atoms with Crippen molar-refractivity contribution >= 4 is 56.5 Å². The standard InChI is InChI=1S/C27H21Cl2F2N3O5S/c1-13-23(26(35)33-15-7-9-20(30)18(28)11-15)25(17-5-3-4-6-22(17)40(37,38)39)24(14(2)32-13)27(36)34-16-8-10-21(31)19(29)12-16/h3-12,25,32H,1-2H3,(H,33,35)(H,34,36)(H,37,38,39). The molecule has 1 aliphatic heterocycles. The maximum absolute atomic E-state index is 13.7. The van der Waals surface area contributed by atoms with Crippen LogP contribution in [0.15, 0.2) is 88.1 Å². The molecular formula is C27H21Cl2F2N3O5S. The summed E-state index contributed by atoms with van der Waals surface area (Å²) in [7, 11) is -4.80. The van der Waals surface area contributed by atoms with Crippen molar-refractivity contribution < 1.29 is 31.3 Å². The maximum atomic E-state index is 13.7. The van der Waals surface area contributed by atoms with Gasteiger partial charge in [-0.3, -0.25) is 14.1 Å². The first-order valence-electron chi connectivity index (χ1n) is 11.6. The number of halogens is 4. The van der Waals surface area contributed by atoms with Gasteiger partial charge in [0.2, 0.25) is 0 Å². The molecule has 2 amide bonds. The Morgan fingerprint density at radius 3 is 1.70 bits per heavy atom. The molecule has 4 rings (SSSR count). The van der Waals surface area contributed by atoms with E-state index in [9.17, 15) is 31.3 Å². The molecule has 0 bridgehead atoms. The Kier molecular flexibility index (Phi) is 8.31. The lowest BCUT2D eigenvalue weighted by Crippen LogP contribution is -2.35. The van der Waals surface area contributed by atoms with Crippen LogP contribution in [-0.2, 0) is 19.7 Å². The predicted molar refractivity (Wildman–Crippen MR) is 148 cm³/mol. The number of nitrogens with one attached hydrogen (secondary N) is 3. The minimum Gasteiger partial charge on any atom is -0.362 e. The van der Waals surface area contributed by atoms with E-state index < -0.39 is 44.4 Å². The maximum Gasteiger partial charge on any atom is 0.294 e. The number of anilines is 2. The molecule has 0 aromatic heterocycles. The van der Waals surface area contributed by atoms with Crippen LogP contribution < -0.4 is 16.0 Å². The van der Waals surface area contributed by atoms with E-state index in [2.05, 4.69) is 16.0 Å². The third kappa shape index (κ3) is 6.02. The highest BCUT2D eigenvalue weighted by Gasteiger charge is 2.39. The molecule has 40 heavy (non-hydrogen) atoms. The summed E-state index contributed by atoms with van der Waals surface area (Å²) in [5.41, 5.74) is 0.636. The van der Waals surface area contributed by atoms with E-state index in [1.165, 1.54) is 42.5 Å². The quantitative estimate of drug-likeness (QED) is 0.254. The van der Waals surface area contributed by atoms with Gasteiger partial charge in [-0.15, -0.1) is 0 Å². The van der Waals surface area contributed by atoms with Gasteiger partial charge in [-0.1, -0.05) is 41.4 Å². The fourth-order valence-corrected chi connectivity index (χ4v) is 5.50. The third-order valence-electron chi connectivity index (χ3n) is 6.11. The van der Waals surface area contributed by atoms with E-state index >= 15 is 0 Å². The molecular weight excluding hydrogens is 587 g/mol. The van der Waals surface area contributed by atoms with E-state index in [4.69, 9.17) is 23.2 Å². The van der Waals surface area contributed by atoms with E-state index in [0.717, 1.165) is 18.2 Å². The van der Waals surface area contributed by atoms with Crippen molar-refractivity contribution in [2.45, 2.75) is 24.7 Å². The molecule has 4 N–H and O–H groups in total. The zero-order valence-electron chi connectivity index (χ0n) is 20.9. The number of carbonyl (C=O) groups is 2. The average Bonchev–Trinajstić information content (AvgIpc) is 2.87. The van der Waals surface area contributed by atoms with E-state index in [-0.39, 0.29) is 49.5 Å². The van der Waals surface area contributed by atoms with Crippen LogP contribution in [0.3, 0.4) is 0 Å². The molecule has 3 aromatic rings. The molecule has 3 aromatic carbocycles. The lowest BCUT2D eigenvalue weighted by atomic mass is 9.79. The van der Waals surface area contributed by atoms with Gasteiger partial charge in [0.15, 0.2) is 0 Å². The van der Waals surface area contributed by atoms with Gasteiger partial charge in [0.05, 0.1) is 14.9 Å². The molecule has 1 aliphatic rings. The molecule has 208 valence electrons. The highest BCUT2D eigenvalue weighted by Crippen LogP contribution is 2.41. The first kappa shape index (κ1) is 29.2. The minimum absolute atomic E-state index is 0.0604. The van der Waals surface area contributed by atoms with Crippen LogP contribution in [0.5, 0.6) is 0 Å². The second-order valence-corrected chi connectivity index (χ2v) is 11.0. The van der Waals surface area contributed by atoms with Gasteiger partial charge in [0.1, 0.15) is 11.6 Å². The van der Waals surface area contributed by atoms with Crippen LogP contribution in [0.4, 0.5) is 20.2 Å². The van der Waals surface area contributed by atoms with Crippen LogP contribution >= 0.6 is 23.2 Å². The Morgan fingerprint density at radius 1 is 0.825 bits per heavy atom. The number of hydrogen-bond acceptors (Lipinski definition) is 5. The number of allylic oxidation sites excluding steroid dienone is 2. The Morgan fingerprint density at radius 2 is 1.27 bits per heavy atom. The van der Waals surface area contributed by atoms with Gasteiger partial charge in [0.25, 0.3) is 21.9 Å². The summed E-state index contributed by atoms with van der Waals surface area (Å²) in [6.07, 6.45) is 0. The molecule has 0 spiro atoms. The summed E-state index contributed by atoms with van der Waals surface area (Å²) in [5, 5.41) is 7.66. The number of dihydropyridines is 1. The Hall–Kier alpha value is -3.77. The van der Waals surface area contributed by atoms with Gasteiger partial charge >= 0.3 is 0 Å². The second-order valence-electron chi connectivity index (χ2n) is 8.81. The summed E-state index contributed by atoms with van der Waals surface area (Å²) in [6.45, 7) is 3.10. The van der Waals surface area contributed by atoms with Gasteiger partial charge in [-0.05, 0) is 61.9 Å². The van der Waals surface area contributed by atoms with Gasteiger partial charge in [-0.2, -0.15) is 8.42 Å². The zero-order chi connectivity index (χ0) is 29.4. The molecule has 0 aliphatic carbocycles. The monoisotopic (exact) mass is 607 g/mol.